The van der Waals surface area contributed by atoms with E-state index in [1.165, 1.54) is 19.3 Å². The lowest BCUT2D eigenvalue weighted by molar-refractivity contribution is 0.303. The molecule has 1 N–H and O–H groups in total. The average molecular weight is 341 g/mol. The molecule has 0 saturated carbocycles. The number of aromatic hydroxyl groups is 1. The van der Waals surface area contributed by atoms with Gasteiger partial charge in [-0.1, -0.05) is 62.2 Å². The molecule has 0 fully saturated rings. The summed E-state index contributed by atoms with van der Waals surface area (Å²) in [6, 6.07) is 3.59. The Kier molecular flexibility index (Phi) is 7.88. The number of unbranched alkanes of at least 4 members (excludes halogenated alkanes) is 5. The van der Waals surface area contributed by atoms with Crippen molar-refractivity contribution < 1.29 is 9.84 Å². The fourth-order valence-electron chi connectivity index (χ4n) is 2.06. The van der Waals surface area contributed by atoms with Crippen LogP contribution in [0.25, 0.3) is 0 Å². The Morgan fingerprint density at radius 3 is 2.14 bits per heavy atom. The molecule has 1 aromatic rings. The fraction of sp³-hybridized carbons (Fsp3) is 0.500. The van der Waals surface area contributed by atoms with Crippen LogP contribution in [-0.2, 0) is 0 Å². The van der Waals surface area contributed by atoms with Crippen molar-refractivity contribution in [1.82, 2.24) is 0 Å². The van der Waals surface area contributed by atoms with Crippen molar-refractivity contribution in [2.24, 2.45) is 0 Å². The van der Waals surface area contributed by atoms with Gasteiger partial charge in [0.15, 0.2) is 11.5 Å². The van der Waals surface area contributed by atoms with Gasteiger partial charge in [-0.05, 0) is 6.42 Å². The van der Waals surface area contributed by atoms with Crippen LogP contribution in [0.2, 0.25) is 10.0 Å². The second-order valence-corrected chi connectivity index (χ2v) is 5.65. The SMILES string of the molecule is CCCCCCCCOc1c(Cl)c(Cl)c(O)c(C#N)c1C#N. The van der Waals surface area contributed by atoms with E-state index in [9.17, 15) is 10.4 Å². The van der Waals surface area contributed by atoms with E-state index < -0.39 is 5.75 Å². The Morgan fingerprint density at radius 2 is 1.55 bits per heavy atom. The van der Waals surface area contributed by atoms with Gasteiger partial charge in [-0.15, -0.1) is 0 Å². The number of hydrogen-bond acceptors (Lipinski definition) is 4. The first-order chi connectivity index (χ1) is 10.6. The highest BCUT2D eigenvalue weighted by Crippen LogP contribution is 2.44. The second-order valence-electron chi connectivity index (χ2n) is 4.90. The van der Waals surface area contributed by atoms with Crippen LogP contribution in [0.5, 0.6) is 11.5 Å². The van der Waals surface area contributed by atoms with Crippen LogP contribution in [0.15, 0.2) is 0 Å². The van der Waals surface area contributed by atoms with Gasteiger partial charge in [-0.25, -0.2) is 0 Å². The second kappa shape index (κ2) is 9.41. The minimum atomic E-state index is -0.488. The first-order valence-electron chi connectivity index (χ1n) is 7.25. The van der Waals surface area contributed by atoms with Crippen LogP contribution >= 0.6 is 23.2 Å². The van der Waals surface area contributed by atoms with Crippen LogP contribution in [-0.4, -0.2) is 11.7 Å². The van der Waals surface area contributed by atoms with Crippen molar-refractivity contribution in [3.8, 4) is 23.6 Å². The first-order valence-corrected chi connectivity index (χ1v) is 8.00. The highest BCUT2D eigenvalue weighted by molar-refractivity contribution is 6.44. The van der Waals surface area contributed by atoms with E-state index in [0.29, 0.717) is 6.61 Å². The molecule has 4 nitrogen and oxygen atoms in total. The Balaban J connectivity index is 2.77. The summed E-state index contributed by atoms with van der Waals surface area (Å²) in [4.78, 5) is 0. The van der Waals surface area contributed by atoms with E-state index >= 15 is 0 Å². The van der Waals surface area contributed by atoms with Crippen LogP contribution in [0.4, 0.5) is 0 Å². The lowest BCUT2D eigenvalue weighted by Crippen LogP contribution is -2.02. The number of benzene rings is 1. The fourth-order valence-corrected chi connectivity index (χ4v) is 2.48. The topological polar surface area (TPSA) is 77.0 Å². The van der Waals surface area contributed by atoms with Crippen LogP contribution in [0.1, 0.15) is 56.6 Å². The van der Waals surface area contributed by atoms with E-state index in [4.69, 9.17) is 33.2 Å². The van der Waals surface area contributed by atoms with Crippen molar-refractivity contribution in [2.75, 3.05) is 6.61 Å². The van der Waals surface area contributed by atoms with E-state index in [0.717, 1.165) is 19.3 Å². The van der Waals surface area contributed by atoms with Crippen molar-refractivity contribution in [2.45, 2.75) is 45.4 Å². The van der Waals surface area contributed by atoms with Crippen molar-refractivity contribution in [1.29, 1.82) is 10.5 Å². The van der Waals surface area contributed by atoms with Gasteiger partial charge in [-0.3, -0.25) is 0 Å². The highest BCUT2D eigenvalue weighted by atomic mass is 35.5. The Labute approximate surface area is 140 Å². The molecular weight excluding hydrogens is 323 g/mol. The molecule has 22 heavy (non-hydrogen) atoms. The number of phenolic OH excluding ortho intramolecular Hbond substituents is 1. The molecule has 0 saturated heterocycles. The monoisotopic (exact) mass is 340 g/mol. The average Bonchev–Trinajstić information content (AvgIpc) is 2.53. The molecule has 0 heterocycles. The predicted octanol–water partition coefficient (Wildman–Crippen LogP) is 5.18. The van der Waals surface area contributed by atoms with E-state index in [1.807, 2.05) is 6.07 Å². The largest absolute Gasteiger partial charge is 0.505 e. The third-order valence-corrected chi connectivity index (χ3v) is 4.11. The summed E-state index contributed by atoms with van der Waals surface area (Å²) >= 11 is 11.9. The summed E-state index contributed by atoms with van der Waals surface area (Å²) in [6.45, 7) is 2.54. The molecule has 1 rings (SSSR count). The minimum Gasteiger partial charge on any atom is -0.505 e. The molecule has 0 atom stereocenters. The molecule has 0 unspecified atom stereocenters. The number of hydrogen-bond donors (Lipinski definition) is 1. The maximum atomic E-state index is 9.76. The third kappa shape index (κ3) is 4.44. The normalized spacial score (nSPS) is 10.0. The van der Waals surface area contributed by atoms with Gasteiger partial charge in [-0.2, -0.15) is 10.5 Å². The molecule has 1 aromatic carbocycles. The standard InChI is InChI=1S/C16H18Cl2N2O2/c1-2-3-4-5-6-7-8-22-16-12(10-20)11(9-19)15(21)13(17)14(16)18/h21H,2-8H2,1H3. The molecule has 0 aliphatic rings. The summed E-state index contributed by atoms with van der Waals surface area (Å²) in [5, 5.41) is 27.8. The van der Waals surface area contributed by atoms with Gasteiger partial charge in [0.05, 0.1) is 6.61 Å². The lowest BCUT2D eigenvalue weighted by atomic mass is 10.1. The molecule has 6 heteroatoms. The Morgan fingerprint density at radius 1 is 0.955 bits per heavy atom. The van der Waals surface area contributed by atoms with E-state index in [1.54, 1.807) is 6.07 Å². The zero-order valence-electron chi connectivity index (χ0n) is 12.5. The van der Waals surface area contributed by atoms with Gasteiger partial charge in [0.25, 0.3) is 0 Å². The smallest absolute Gasteiger partial charge is 0.158 e. The van der Waals surface area contributed by atoms with Crippen LogP contribution in [0, 0.1) is 22.7 Å². The highest BCUT2D eigenvalue weighted by Gasteiger charge is 2.23. The van der Waals surface area contributed by atoms with Crippen LogP contribution < -0.4 is 4.74 Å². The van der Waals surface area contributed by atoms with Crippen molar-refractivity contribution >= 4 is 23.2 Å². The molecule has 118 valence electrons. The lowest BCUT2D eigenvalue weighted by Gasteiger charge is -2.13. The zero-order valence-corrected chi connectivity index (χ0v) is 14.0. The number of nitriles is 2. The van der Waals surface area contributed by atoms with E-state index in [-0.39, 0.29) is 26.9 Å². The number of halogens is 2. The van der Waals surface area contributed by atoms with Gasteiger partial charge in [0.2, 0.25) is 0 Å². The van der Waals surface area contributed by atoms with Crippen molar-refractivity contribution in [3.05, 3.63) is 21.2 Å². The summed E-state index contributed by atoms with van der Waals surface area (Å²) < 4.78 is 5.54. The van der Waals surface area contributed by atoms with Gasteiger partial charge in [0.1, 0.15) is 33.3 Å². The van der Waals surface area contributed by atoms with Gasteiger partial charge < -0.3 is 9.84 Å². The Hall–Kier alpha value is -1.62. The van der Waals surface area contributed by atoms with Crippen LogP contribution in [0.3, 0.4) is 0 Å². The molecule has 0 aromatic heterocycles. The molecule has 0 radical (unpaired) electrons. The molecule has 0 amide bonds. The molecular formula is C16H18Cl2N2O2. The Bertz CT molecular complexity index is 604. The van der Waals surface area contributed by atoms with E-state index in [2.05, 4.69) is 6.92 Å². The molecule has 0 bridgehead atoms. The third-order valence-electron chi connectivity index (χ3n) is 3.28. The quantitative estimate of drug-likeness (QED) is 0.661. The summed E-state index contributed by atoms with van der Waals surface area (Å²) in [5.41, 5.74) is -0.296. The summed E-state index contributed by atoms with van der Waals surface area (Å²) in [5.74, 6) is -0.422. The maximum absolute atomic E-state index is 9.76. The molecule has 0 aliphatic carbocycles. The zero-order chi connectivity index (χ0) is 16.5. The minimum absolute atomic E-state index is 0.0410. The number of rotatable bonds is 8. The maximum Gasteiger partial charge on any atom is 0.158 e. The summed E-state index contributed by atoms with van der Waals surface area (Å²) in [7, 11) is 0. The first kappa shape index (κ1) is 18.4. The predicted molar refractivity (Wildman–Crippen MR) is 86.4 cm³/mol. The van der Waals surface area contributed by atoms with Gasteiger partial charge in [0, 0.05) is 0 Å². The van der Waals surface area contributed by atoms with Gasteiger partial charge >= 0.3 is 0 Å². The number of phenols is 1. The van der Waals surface area contributed by atoms with Crippen molar-refractivity contribution in [3.63, 3.8) is 0 Å². The summed E-state index contributed by atoms with van der Waals surface area (Å²) in [6.07, 6.45) is 6.60. The number of ether oxygens (including phenoxy) is 1. The molecule has 0 spiro atoms. The molecule has 0 aliphatic heterocycles. The number of nitrogens with zero attached hydrogens (tertiary/aromatic N) is 2.